The van der Waals surface area contributed by atoms with Crippen molar-refractivity contribution in [1.82, 2.24) is 15.4 Å². The average molecular weight is 384 g/mol. The lowest BCUT2D eigenvalue weighted by Crippen LogP contribution is -2.49. The standard InChI is InChI=1S/C19H33N3O3S/c1-14(2)13-17(18(23)20-11-12-21-19(4,5)6)22-26(24,25)16-9-7-15(3)8-10-16/h7-10,14,17,21-22H,11-13H2,1-6H3,(H,20,23). The molecular weight excluding hydrogens is 350 g/mol. The molecule has 0 aliphatic heterocycles. The quantitative estimate of drug-likeness (QED) is 0.571. The van der Waals surface area contributed by atoms with E-state index in [1.54, 1.807) is 24.3 Å². The second kappa shape index (κ2) is 9.48. The molecule has 0 aromatic heterocycles. The van der Waals surface area contributed by atoms with E-state index < -0.39 is 16.1 Å². The normalized spacial score (nSPS) is 13.7. The number of sulfonamides is 1. The van der Waals surface area contributed by atoms with Crippen LogP contribution < -0.4 is 15.4 Å². The van der Waals surface area contributed by atoms with Crippen molar-refractivity contribution in [2.45, 2.75) is 64.4 Å². The third-order valence-corrected chi connectivity index (χ3v) is 5.22. The van der Waals surface area contributed by atoms with Crippen molar-refractivity contribution >= 4 is 15.9 Å². The van der Waals surface area contributed by atoms with Gasteiger partial charge in [-0.05, 0) is 52.2 Å². The molecule has 7 heteroatoms. The second-order valence-corrected chi connectivity index (χ2v) is 9.80. The molecule has 0 saturated heterocycles. The van der Waals surface area contributed by atoms with Crippen LogP contribution in [0.1, 0.15) is 46.6 Å². The van der Waals surface area contributed by atoms with Crippen LogP contribution in [0.2, 0.25) is 0 Å². The van der Waals surface area contributed by atoms with Crippen molar-refractivity contribution in [2.24, 2.45) is 5.92 Å². The van der Waals surface area contributed by atoms with E-state index >= 15 is 0 Å². The van der Waals surface area contributed by atoms with Gasteiger partial charge in [0.1, 0.15) is 6.04 Å². The van der Waals surface area contributed by atoms with Gasteiger partial charge < -0.3 is 10.6 Å². The molecule has 1 unspecified atom stereocenters. The Morgan fingerprint density at radius 2 is 1.65 bits per heavy atom. The van der Waals surface area contributed by atoms with E-state index in [0.717, 1.165) is 5.56 Å². The van der Waals surface area contributed by atoms with Crippen molar-refractivity contribution in [2.75, 3.05) is 13.1 Å². The Hall–Kier alpha value is -1.44. The number of nitrogens with one attached hydrogen (secondary N) is 3. The summed E-state index contributed by atoms with van der Waals surface area (Å²) < 4.78 is 27.8. The smallest absolute Gasteiger partial charge is 0.241 e. The average Bonchev–Trinajstić information content (AvgIpc) is 2.49. The van der Waals surface area contributed by atoms with Gasteiger partial charge in [-0.15, -0.1) is 0 Å². The minimum Gasteiger partial charge on any atom is -0.353 e. The molecule has 1 aromatic rings. The minimum atomic E-state index is -3.75. The SMILES string of the molecule is Cc1ccc(S(=O)(=O)NC(CC(C)C)C(=O)NCCNC(C)(C)C)cc1. The fourth-order valence-electron chi connectivity index (χ4n) is 2.40. The van der Waals surface area contributed by atoms with Crippen LogP contribution in [0.15, 0.2) is 29.2 Å². The van der Waals surface area contributed by atoms with Gasteiger partial charge in [-0.2, -0.15) is 4.72 Å². The Morgan fingerprint density at radius 1 is 1.08 bits per heavy atom. The Labute approximate surface area is 158 Å². The van der Waals surface area contributed by atoms with Crippen LogP contribution in [0.3, 0.4) is 0 Å². The van der Waals surface area contributed by atoms with E-state index in [1.165, 1.54) is 0 Å². The topological polar surface area (TPSA) is 87.3 Å². The second-order valence-electron chi connectivity index (χ2n) is 8.08. The number of aryl methyl sites for hydroxylation is 1. The highest BCUT2D eigenvalue weighted by Crippen LogP contribution is 2.13. The van der Waals surface area contributed by atoms with Crippen LogP contribution in [-0.2, 0) is 14.8 Å². The Kier molecular flexibility index (Phi) is 8.24. The molecule has 1 amide bonds. The number of carbonyl (C=O) groups is 1. The van der Waals surface area contributed by atoms with Crippen molar-refractivity contribution in [3.05, 3.63) is 29.8 Å². The number of amides is 1. The van der Waals surface area contributed by atoms with Crippen LogP contribution >= 0.6 is 0 Å². The molecule has 0 aliphatic rings. The van der Waals surface area contributed by atoms with Gasteiger partial charge in [0, 0.05) is 18.6 Å². The largest absolute Gasteiger partial charge is 0.353 e. The van der Waals surface area contributed by atoms with Gasteiger partial charge in [0.05, 0.1) is 4.90 Å². The molecule has 0 bridgehead atoms. The molecule has 1 aromatic carbocycles. The zero-order valence-electron chi connectivity index (χ0n) is 16.7. The maximum atomic E-state index is 12.6. The van der Waals surface area contributed by atoms with Gasteiger partial charge in [-0.1, -0.05) is 31.5 Å². The summed E-state index contributed by atoms with van der Waals surface area (Å²) in [7, 11) is -3.75. The number of carbonyl (C=O) groups excluding carboxylic acids is 1. The molecule has 0 spiro atoms. The molecule has 1 rings (SSSR count). The van der Waals surface area contributed by atoms with Crippen molar-refractivity contribution in [1.29, 1.82) is 0 Å². The van der Waals surface area contributed by atoms with E-state index in [1.807, 2.05) is 41.5 Å². The predicted octanol–water partition coefficient (Wildman–Crippen LogP) is 2.19. The summed E-state index contributed by atoms with van der Waals surface area (Å²) in [6, 6.07) is 5.79. The van der Waals surface area contributed by atoms with Gasteiger partial charge in [-0.3, -0.25) is 4.79 Å². The molecular formula is C19H33N3O3S. The zero-order chi connectivity index (χ0) is 20.0. The summed E-state index contributed by atoms with van der Waals surface area (Å²) in [5.41, 5.74) is 0.946. The summed E-state index contributed by atoms with van der Waals surface area (Å²) in [6.45, 7) is 13.0. The maximum absolute atomic E-state index is 12.6. The number of hydrogen-bond donors (Lipinski definition) is 3. The maximum Gasteiger partial charge on any atom is 0.241 e. The summed E-state index contributed by atoms with van der Waals surface area (Å²) in [6.07, 6.45) is 0.434. The predicted molar refractivity (Wildman–Crippen MR) is 106 cm³/mol. The van der Waals surface area contributed by atoms with Crippen molar-refractivity contribution in [3.8, 4) is 0 Å². The first-order valence-electron chi connectivity index (χ1n) is 9.02. The molecule has 0 radical (unpaired) electrons. The summed E-state index contributed by atoms with van der Waals surface area (Å²) >= 11 is 0. The molecule has 0 aliphatic carbocycles. The molecule has 1 atom stereocenters. The summed E-state index contributed by atoms with van der Waals surface area (Å²) in [5.74, 6) is -0.121. The molecule has 148 valence electrons. The monoisotopic (exact) mass is 383 g/mol. The van der Waals surface area contributed by atoms with E-state index in [-0.39, 0.29) is 22.3 Å². The highest BCUT2D eigenvalue weighted by Gasteiger charge is 2.26. The molecule has 6 nitrogen and oxygen atoms in total. The third-order valence-electron chi connectivity index (χ3n) is 3.73. The molecule has 3 N–H and O–H groups in total. The number of hydrogen-bond acceptors (Lipinski definition) is 4. The van der Waals surface area contributed by atoms with Gasteiger partial charge in [0.25, 0.3) is 0 Å². The number of rotatable bonds is 9. The van der Waals surface area contributed by atoms with E-state index in [4.69, 9.17) is 0 Å². The van der Waals surface area contributed by atoms with Crippen LogP contribution in [0, 0.1) is 12.8 Å². The molecule has 0 fully saturated rings. The minimum absolute atomic E-state index is 0.0326. The molecule has 26 heavy (non-hydrogen) atoms. The third kappa shape index (κ3) is 8.29. The first-order valence-corrected chi connectivity index (χ1v) is 10.5. The fourth-order valence-corrected chi connectivity index (χ4v) is 3.61. The van der Waals surface area contributed by atoms with Gasteiger partial charge in [-0.25, -0.2) is 8.42 Å². The number of benzene rings is 1. The Balaban J connectivity index is 2.76. The lowest BCUT2D eigenvalue weighted by molar-refractivity contribution is -0.123. The molecule has 0 heterocycles. The van der Waals surface area contributed by atoms with Crippen molar-refractivity contribution < 1.29 is 13.2 Å². The zero-order valence-corrected chi connectivity index (χ0v) is 17.5. The molecule has 0 saturated carbocycles. The van der Waals surface area contributed by atoms with Crippen LogP contribution in [0.4, 0.5) is 0 Å². The van der Waals surface area contributed by atoms with Crippen LogP contribution in [0.5, 0.6) is 0 Å². The fraction of sp³-hybridized carbons (Fsp3) is 0.632. The first kappa shape index (κ1) is 22.6. The van der Waals surface area contributed by atoms with Crippen molar-refractivity contribution in [3.63, 3.8) is 0 Å². The lowest BCUT2D eigenvalue weighted by Gasteiger charge is -2.22. The first-order chi connectivity index (χ1) is 11.9. The van der Waals surface area contributed by atoms with Crippen LogP contribution in [-0.4, -0.2) is 39.0 Å². The highest BCUT2D eigenvalue weighted by molar-refractivity contribution is 7.89. The van der Waals surface area contributed by atoms with E-state index in [2.05, 4.69) is 15.4 Å². The van der Waals surface area contributed by atoms with E-state index in [0.29, 0.717) is 19.5 Å². The van der Waals surface area contributed by atoms with Gasteiger partial charge >= 0.3 is 0 Å². The van der Waals surface area contributed by atoms with Gasteiger partial charge in [0.2, 0.25) is 15.9 Å². The Bertz CT molecular complexity index is 677. The lowest BCUT2D eigenvalue weighted by atomic mass is 10.0. The summed E-state index contributed by atoms with van der Waals surface area (Å²) in [5, 5.41) is 6.10. The van der Waals surface area contributed by atoms with E-state index in [9.17, 15) is 13.2 Å². The Morgan fingerprint density at radius 3 is 2.15 bits per heavy atom. The highest BCUT2D eigenvalue weighted by atomic mass is 32.2. The van der Waals surface area contributed by atoms with Crippen LogP contribution in [0.25, 0.3) is 0 Å². The van der Waals surface area contributed by atoms with Gasteiger partial charge in [0.15, 0.2) is 0 Å². The summed E-state index contributed by atoms with van der Waals surface area (Å²) in [4.78, 5) is 12.7.